The summed E-state index contributed by atoms with van der Waals surface area (Å²) in [7, 11) is 4.58. The van der Waals surface area contributed by atoms with E-state index in [1.54, 1.807) is 38.2 Å². The fourth-order valence-corrected chi connectivity index (χ4v) is 2.94. The minimum atomic E-state index is -1.12. The predicted octanol–water partition coefficient (Wildman–Crippen LogP) is 2.43. The van der Waals surface area contributed by atoms with Gasteiger partial charge in [0.15, 0.2) is 0 Å². The van der Waals surface area contributed by atoms with Crippen molar-refractivity contribution in [1.29, 1.82) is 0 Å². The molecule has 170 valence electrons. The molecule has 31 heavy (non-hydrogen) atoms. The van der Waals surface area contributed by atoms with Crippen LogP contribution in [-0.4, -0.2) is 73.4 Å². The van der Waals surface area contributed by atoms with Crippen molar-refractivity contribution in [2.75, 3.05) is 27.7 Å². The maximum atomic E-state index is 12.6. The van der Waals surface area contributed by atoms with E-state index < -0.39 is 18.0 Å². The summed E-state index contributed by atoms with van der Waals surface area (Å²) in [5, 5.41) is 16.8. The van der Waals surface area contributed by atoms with Crippen LogP contribution in [0.1, 0.15) is 31.9 Å². The van der Waals surface area contributed by atoms with Crippen molar-refractivity contribution in [2.45, 2.75) is 33.2 Å². The lowest BCUT2D eigenvalue weighted by atomic mass is 9.99. The number of urea groups is 1. The number of methoxy groups -OCH3 is 1. The number of carboxylic acid groups (broad SMARTS) is 1. The number of aliphatic carboxylic acids is 1. The molecular formula is C22H32N4O5. The Morgan fingerprint density at radius 3 is 2.23 bits per heavy atom. The number of allylic oxidation sites excluding steroid dienone is 1. The fraction of sp³-hybridized carbons (Fsp3) is 0.455. The number of likely N-dealkylation sites (N-methyl/N-ethyl adjacent to an activating group) is 1. The molecule has 0 fully saturated rings. The first-order valence-electron chi connectivity index (χ1n) is 9.85. The molecule has 1 atom stereocenters. The first-order valence-corrected chi connectivity index (χ1v) is 9.85. The molecule has 0 aromatic heterocycles. The average Bonchev–Trinajstić information content (AvgIpc) is 2.72. The third-order valence-electron chi connectivity index (χ3n) is 4.64. The molecule has 0 unspecified atom stereocenters. The van der Waals surface area contributed by atoms with E-state index in [0.29, 0.717) is 29.0 Å². The molecule has 0 aliphatic rings. The lowest BCUT2D eigenvalue weighted by Gasteiger charge is -2.23. The Hall–Kier alpha value is -3.36. The van der Waals surface area contributed by atoms with Crippen molar-refractivity contribution in [3.63, 3.8) is 0 Å². The van der Waals surface area contributed by atoms with Gasteiger partial charge in [0.1, 0.15) is 11.8 Å². The van der Waals surface area contributed by atoms with Crippen molar-refractivity contribution in [1.82, 2.24) is 15.2 Å². The number of nitrogens with zero attached hydrogens (tertiary/aromatic N) is 3. The van der Waals surface area contributed by atoms with E-state index in [9.17, 15) is 19.5 Å². The van der Waals surface area contributed by atoms with E-state index in [1.165, 1.54) is 19.1 Å². The second kappa shape index (κ2) is 11.7. The van der Waals surface area contributed by atoms with Crippen LogP contribution in [0.25, 0.3) is 5.57 Å². The van der Waals surface area contributed by atoms with E-state index in [2.05, 4.69) is 17.1 Å². The summed E-state index contributed by atoms with van der Waals surface area (Å²) in [6.07, 6.45) is 0.0985. The molecule has 0 heterocycles. The molecule has 2 N–H and O–H groups in total. The molecule has 0 aliphatic carbocycles. The van der Waals surface area contributed by atoms with Crippen LogP contribution in [0.15, 0.2) is 35.1 Å². The summed E-state index contributed by atoms with van der Waals surface area (Å²) in [6, 6.07) is 5.31. The van der Waals surface area contributed by atoms with E-state index in [4.69, 9.17) is 4.74 Å². The number of amides is 3. The Kier molecular flexibility index (Phi) is 9.72. The number of benzene rings is 1. The summed E-state index contributed by atoms with van der Waals surface area (Å²) >= 11 is 0. The van der Waals surface area contributed by atoms with Gasteiger partial charge >= 0.3 is 12.0 Å². The predicted molar refractivity (Wildman–Crippen MR) is 119 cm³/mol. The molecular weight excluding hydrogens is 400 g/mol. The van der Waals surface area contributed by atoms with Gasteiger partial charge in [0, 0.05) is 33.8 Å². The van der Waals surface area contributed by atoms with E-state index in [-0.39, 0.29) is 18.2 Å². The third kappa shape index (κ3) is 7.44. The standard InChI is InChI=1S/C22H32N4O5/c1-14(2)13-25(5)22(30)24-18(21(28)29)12-16-8-10-17(11-9-16)19(15(3)31-7)20(27)26(6)23-4/h8-11,14,18H,4,12-13H2,1-3,5-7H3,(H,24,30)(H,28,29)/b19-15+/t18-/m0/s1. The molecule has 1 rings (SSSR count). The lowest BCUT2D eigenvalue weighted by Crippen LogP contribution is -2.48. The van der Waals surface area contributed by atoms with Crippen LogP contribution in [0.2, 0.25) is 0 Å². The first-order chi connectivity index (χ1) is 14.5. The number of hydrogen-bond donors (Lipinski definition) is 2. The summed E-state index contributed by atoms with van der Waals surface area (Å²) in [4.78, 5) is 38.0. The molecule has 9 nitrogen and oxygen atoms in total. The van der Waals surface area contributed by atoms with Gasteiger partial charge in [0.2, 0.25) is 0 Å². The van der Waals surface area contributed by atoms with Gasteiger partial charge in [-0.05, 0) is 24.0 Å². The zero-order chi connectivity index (χ0) is 23.7. The Morgan fingerprint density at radius 2 is 1.77 bits per heavy atom. The van der Waals surface area contributed by atoms with Crippen molar-refractivity contribution in [3.8, 4) is 0 Å². The van der Waals surface area contributed by atoms with Gasteiger partial charge in [0.25, 0.3) is 5.91 Å². The molecule has 0 aliphatic heterocycles. The molecule has 1 aromatic carbocycles. The van der Waals surface area contributed by atoms with Gasteiger partial charge in [0.05, 0.1) is 12.7 Å². The maximum absolute atomic E-state index is 12.6. The third-order valence-corrected chi connectivity index (χ3v) is 4.64. The fourth-order valence-electron chi connectivity index (χ4n) is 2.94. The smallest absolute Gasteiger partial charge is 0.326 e. The molecule has 3 amide bonds. The number of rotatable bonds is 10. The minimum Gasteiger partial charge on any atom is -0.501 e. The van der Waals surface area contributed by atoms with Crippen LogP contribution in [0.4, 0.5) is 4.79 Å². The van der Waals surface area contributed by atoms with Crippen molar-refractivity contribution in [2.24, 2.45) is 11.0 Å². The number of carboxylic acids is 1. The number of hydrazone groups is 1. The zero-order valence-corrected chi connectivity index (χ0v) is 19.0. The quantitative estimate of drug-likeness (QED) is 0.255. The Labute approximate surface area is 183 Å². The highest BCUT2D eigenvalue weighted by molar-refractivity contribution is 6.19. The molecule has 0 radical (unpaired) electrons. The van der Waals surface area contributed by atoms with Crippen LogP contribution in [-0.2, 0) is 20.7 Å². The highest BCUT2D eigenvalue weighted by Crippen LogP contribution is 2.22. The summed E-state index contributed by atoms with van der Waals surface area (Å²) < 4.78 is 5.24. The molecule has 0 saturated heterocycles. The monoisotopic (exact) mass is 432 g/mol. The average molecular weight is 433 g/mol. The van der Waals surface area contributed by atoms with E-state index in [0.717, 1.165) is 5.01 Å². The molecule has 9 heteroatoms. The molecule has 0 bridgehead atoms. The van der Waals surface area contributed by atoms with E-state index in [1.807, 2.05) is 13.8 Å². The lowest BCUT2D eigenvalue weighted by molar-refractivity contribution is -0.139. The van der Waals surface area contributed by atoms with Crippen LogP contribution >= 0.6 is 0 Å². The van der Waals surface area contributed by atoms with Crippen molar-refractivity contribution < 1.29 is 24.2 Å². The summed E-state index contributed by atoms with van der Waals surface area (Å²) in [5.41, 5.74) is 1.61. The number of nitrogens with one attached hydrogen (secondary N) is 1. The van der Waals surface area contributed by atoms with Gasteiger partial charge < -0.3 is 20.1 Å². The van der Waals surface area contributed by atoms with Gasteiger partial charge in [-0.3, -0.25) is 4.79 Å². The molecule has 0 spiro atoms. The minimum absolute atomic E-state index is 0.0985. The highest BCUT2D eigenvalue weighted by atomic mass is 16.5. The first kappa shape index (κ1) is 25.7. The largest absolute Gasteiger partial charge is 0.501 e. The summed E-state index contributed by atoms with van der Waals surface area (Å²) in [6.45, 7) is 9.49. The zero-order valence-electron chi connectivity index (χ0n) is 19.0. The maximum Gasteiger partial charge on any atom is 0.326 e. The molecule has 1 aromatic rings. The van der Waals surface area contributed by atoms with Gasteiger partial charge in [-0.25, -0.2) is 14.6 Å². The second-order valence-electron chi connectivity index (χ2n) is 7.62. The van der Waals surface area contributed by atoms with Crippen molar-refractivity contribution >= 4 is 30.2 Å². The topological polar surface area (TPSA) is 112 Å². The van der Waals surface area contributed by atoms with Crippen molar-refractivity contribution in [3.05, 3.63) is 41.2 Å². The number of ether oxygens (including phenoxy) is 1. The number of carbonyl (C=O) groups is 3. The SMILES string of the molecule is C=NN(C)C(=O)/C(=C(\C)OC)c1ccc(C[C@H](NC(=O)N(C)CC(C)C)C(=O)O)cc1. The Bertz CT molecular complexity index is 833. The van der Waals surface area contributed by atoms with Crippen LogP contribution < -0.4 is 5.32 Å². The number of hydrogen-bond acceptors (Lipinski definition) is 5. The van der Waals surface area contributed by atoms with Crippen LogP contribution in [0, 0.1) is 5.92 Å². The van der Waals surface area contributed by atoms with Crippen LogP contribution in [0.3, 0.4) is 0 Å². The summed E-state index contributed by atoms with van der Waals surface area (Å²) in [5.74, 6) is -0.828. The highest BCUT2D eigenvalue weighted by Gasteiger charge is 2.23. The van der Waals surface area contributed by atoms with Gasteiger partial charge in [-0.15, -0.1) is 0 Å². The number of carbonyl (C=O) groups excluding carboxylic acids is 2. The van der Waals surface area contributed by atoms with Gasteiger partial charge in [-0.2, -0.15) is 5.10 Å². The molecule has 0 saturated carbocycles. The van der Waals surface area contributed by atoms with E-state index >= 15 is 0 Å². The second-order valence-corrected chi connectivity index (χ2v) is 7.62. The normalized spacial score (nSPS) is 12.5. The van der Waals surface area contributed by atoms with Crippen LogP contribution in [0.5, 0.6) is 0 Å². The Morgan fingerprint density at radius 1 is 1.19 bits per heavy atom. The Balaban J connectivity index is 3.04. The van der Waals surface area contributed by atoms with Gasteiger partial charge in [-0.1, -0.05) is 38.1 Å².